The van der Waals surface area contributed by atoms with Crippen molar-refractivity contribution >= 4 is 17.2 Å². The summed E-state index contributed by atoms with van der Waals surface area (Å²) in [7, 11) is 0. The van der Waals surface area contributed by atoms with E-state index in [-0.39, 0.29) is 17.4 Å². The Bertz CT molecular complexity index is 568. The first-order valence-electron chi connectivity index (χ1n) is 9.04. The minimum absolute atomic E-state index is 0.0143. The minimum Gasteiger partial charge on any atom is -0.352 e. The molecule has 1 saturated carbocycles. The number of thiazole rings is 1. The van der Waals surface area contributed by atoms with Crippen molar-refractivity contribution in [1.82, 2.24) is 20.1 Å². The lowest BCUT2D eigenvalue weighted by Gasteiger charge is -2.37. The number of carbonyl (C=O) groups excluding carboxylic acids is 1. The second-order valence-corrected chi connectivity index (χ2v) is 9.02. The van der Waals surface area contributed by atoms with Gasteiger partial charge in [-0.15, -0.1) is 11.3 Å². The van der Waals surface area contributed by atoms with Crippen molar-refractivity contribution in [1.29, 1.82) is 0 Å². The van der Waals surface area contributed by atoms with E-state index >= 15 is 0 Å². The van der Waals surface area contributed by atoms with Crippen LogP contribution in [0.25, 0.3) is 0 Å². The molecule has 1 N–H and O–H groups in total. The van der Waals surface area contributed by atoms with E-state index in [1.165, 1.54) is 10.7 Å². The first-order chi connectivity index (χ1) is 11.3. The van der Waals surface area contributed by atoms with Gasteiger partial charge < -0.3 is 5.32 Å². The molecule has 1 aliphatic carbocycles. The van der Waals surface area contributed by atoms with Crippen molar-refractivity contribution in [2.45, 2.75) is 64.6 Å². The van der Waals surface area contributed by atoms with Crippen LogP contribution in [0.5, 0.6) is 0 Å². The molecule has 1 unspecified atom stereocenters. The third-order valence-electron chi connectivity index (χ3n) is 4.84. The van der Waals surface area contributed by atoms with E-state index < -0.39 is 0 Å². The highest BCUT2D eigenvalue weighted by molar-refractivity contribution is 7.09. The quantitative estimate of drug-likeness (QED) is 0.885. The largest absolute Gasteiger partial charge is 0.352 e. The van der Waals surface area contributed by atoms with Gasteiger partial charge in [0, 0.05) is 49.6 Å². The van der Waals surface area contributed by atoms with E-state index in [1.54, 1.807) is 11.3 Å². The lowest BCUT2D eigenvalue weighted by atomic mass is 9.98. The van der Waals surface area contributed by atoms with Crippen LogP contribution in [0.1, 0.15) is 51.2 Å². The summed E-state index contributed by atoms with van der Waals surface area (Å²) in [5.74, 6) is 0.195. The monoisotopic (exact) mass is 350 g/mol. The molecule has 2 aliphatic rings. The Morgan fingerprint density at radius 1 is 1.33 bits per heavy atom. The lowest BCUT2D eigenvalue weighted by molar-refractivity contribution is -0.126. The summed E-state index contributed by atoms with van der Waals surface area (Å²) < 4.78 is 0. The maximum atomic E-state index is 12.2. The Hall–Kier alpha value is -0.980. The van der Waals surface area contributed by atoms with Crippen LogP contribution in [0, 0.1) is 0 Å². The fourth-order valence-electron chi connectivity index (χ4n) is 2.98. The van der Waals surface area contributed by atoms with Gasteiger partial charge >= 0.3 is 0 Å². The predicted molar refractivity (Wildman–Crippen MR) is 98.3 cm³/mol. The van der Waals surface area contributed by atoms with Gasteiger partial charge in [0.15, 0.2) is 0 Å². The second-order valence-electron chi connectivity index (χ2n) is 8.16. The number of nitrogens with zero attached hydrogens (tertiary/aromatic N) is 3. The molecule has 1 aromatic rings. The van der Waals surface area contributed by atoms with E-state index in [4.69, 9.17) is 4.98 Å². The minimum atomic E-state index is -0.0143. The van der Waals surface area contributed by atoms with Crippen LogP contribution in [-0.4, -0.2) is 59.0 Å². The number of carbonyl (C=O) groups is 1. The molecular formula is C18H30N4OS. The summed E-state index contributed by atoms with van der Waals surface area (Å²) >= 11 is 1.76. The van der Waals surface area contributed by atoms with Crippen LogP contribution in [0.3, 0.4) is 0 Å². The van der Waals surface area contributed by atoms with Gasteiger partial charge in [0.25, 0.3) is 0 Å². The smallest absolute Gasteiger partial charge is 0.237 e. The first-order valence-corrected chi connectivity index (χ1v) is 9.92. The van der Waals surface area contributed by atoms with Crippen LogP contribution in [0.2, 0.25) is 0 Å². The summed E-state index contributed by atoms with van der Waals surface area (Å²) in [5, 5.41) is 6.52. The molecule has 1 amide bonds. The topological polar surface area (TPSA) is 48.5 Å². The molecule has 1 aromatic heterocycles. The Kier molecular flexibility index (Phi) is 5.27. The van der Waals surface area contributed by atoms with Crippen molar-refractivity contribution in [3.8, 4) is 0 Å². The summed E-state index contributed by atoms with van der Waals surface area (Å²) in [5.41, 5.74) is 1.31. The summed E-state index contributed by atoms with van der Waals surface area (Å²) in [6.45, 7) is 13.5. The third kappa shape index (κ3) is 4.55. The molecule has 3 rings (SSSR count). The van der Waals surface area contributed by atoms with Gasteiger partial charge in [-0.1, -0.05) is 20.8 Å². The van der Waals surface area contributed by atoms with Crippen LogP contribution in [0.4, 0.5) is 0 Å². The first kappa shape index (κ1) is 17.8. The second kappa shape index (κ2) is 7.10. The number of amides is 1. The maximum Gasteiger partial charge on any atom is 0.237 e. The fraction of sp³-hybridized carbons (Fsp3) is 0.778. The molecule has 1 aliphatic heterocycles. The zero-order valence-electron chi connectivity index (χ0n) is 15.3. The molecule has 0 bridgehead atoms. The lowest BCUT2D eigenvalue weighted by Crippen LogP contribution is -2.53. The Morgan fingerprint density at radius 2 is 2.00 bits per heavy atom. The molecule has 0 spiro atoms. The third-order valence-corrected chi connectivity index (χ3v) is 6.15. The molecule has 134 valence electrons. The number of rotatable bonds is 5. The number of nitrogens with one attached hydrogen (secondary N) is 1. The summed E-state index contributed by atoms with van der Waals surface area (Å²) in [4.78, 5) is 21.7. The Balaban J connectivity index is 1.46. The molecule has 0 aromatic carbocycles. The van der Waals surface area contributed by atoms with Gasteiger partial charge in [-0.05, 0) is 19.8 Å². The zero-order chi connectivity index (χ0) is 17.3. The Labute approximate surface area is 149 Å². The predicted octanol–water partition coefficient (Wildman–Crippen LogP) is 2.23. The number of piperazine rings is 1. The average molecular weight is 351 g/mol. The highest BCUT2D eigenvalue weighted by Gasteiger charge is 2.30. The van der Waals surface area contributed by atoms with Crippen molar-refractivity contribution < 1.29 is 4.79 Å². The van der Waals surface area contributed by atoms with E-state index in [9.17, 15) is 4.79 Å². The van der Waals surface area contributed by atoms with E-state index in [0.29, 0.717) is 6.04 Å². The van der Waals surface area contributed by atoms with Gasteiger partial charge in [-0.25, -0.2) is 4.98 Å². The standard InChI is InChI=1S/C18H30N4OS/c1-13(16(23)19-14-5-6-14)22-9-7-21(8-10-22)11-15-12-24-17(20-15)18(2,3)4/h12-14H,5-11H2,1-4H3,(H,19,23). The summed E-state index contributed by atoms with van der Waals surface area (Å²) in [6, 6.07) is 0.433. The van der Waals surface area contributed by atoms with Gasteiger partial charge in [0.1, 0.15) is 0 Å². The molecule has 1 saturated heterocycles. The molecule has 0 radical (unpaired) electrons. The van der Waals surface area contributed by atoms with Gasteiger partial charge in [-0.2, -0.15) is 0 Å². The number of aromatic nitrogens is 1. The molecule has 6 heteroatoms. The van der Waals surface area contributed by atoms with E-state index in [1.807, 2.05) is 6.92 Å². The normalized spacial score (nSPS) is 21.7. The molecule has 2 heterocycles. The zero-order valence-corrected chi connectivity index (χ0v) is 16.2. The fourth-order valence-corrected chi connectivity index (χ4v) is 3.88. The highest BCUT2D eigenvalue weighted by Crippen LogP contribution is 2.26. The maximum absolute atomic E-state index is 12.2. The molecule has 1 atom stereocenters. The number of hydrogen-bond acceptors (Lipinski definition) is 5. The van der Waals surface area contributed by atoms with Gasteiger partial charge in [0.2, 0.25) is 5.91 Å². The number of hydrogen-bond donors (Lipinski definition) is 1. The van der Waals surface area contributed by atoms with Crippen molar-refractivity contribution in [3.05, 3.63) is 16.1 Å². The molecule has 24 heavy (non-hydrogen) atoms. The SMILES string of the molecule is CC(C(=O)NC1CC1)N1CCN(Cc2csc(C(C)(C)C)n2)CC1. The summed E-state index contributed by atoms with van der Waals surface area (Å²) in [6.07, 6.45) is 2.30. The average Bonchev–Trinajstić information content (AvgIpc) is 3.21. The molecule has 5 nitrogen and oxygen atoms in total. The van der Waals surface area contributed by atoms with Crippen LogP contribution in [0.15, 0.2) is 5.38 Å². The van der Waals surface area contributed by atoms with Gasteiger partial charge in [0.05, 0.1) is 16.7 Å². The Morgan fingerprint density at radius 3 is 2.54 bits per heavy atom. The molecular weight excluding hydrogens is 320 g/mol. The van der Waals surface area contributed by atoms with Crippen LogP contribution >= 0.6 is 11.3 Å². The van der Waals surface area contributed by atoms with Crippen molar-refractivity contribution in [3.63, 3.8) is 0 Å². The highest BCUT2D eigenvalue weighted by atomic mass is 32.1. The van der Waals surface area contributed by atoms with Gasteiger partial charge in [-0.3, -0.25) is 14.6 Å². The van der Waals surface area contributed by atoms with Crippen LogP contribution < -0.4 is 5.32 Å². The van der Waals surface area contributed by atoms with E-state index in [2.05, 4.69) is 41.3 Å². The van der Waals surface area contributed by atoms with Crippen molar-refractivity contribution in [2.24, 2.45) is 0 Å². The van der Waals surface area contributed by atoms with Crippen molar-refractivity contribution in [2.75, 3.05) is 26.2 Å². The van der Waals surface area contributed by atoms with Crippen LogP contribution in [-0.2, 0) is 16.8 Å². The molecule has 2 fully saturated rings. The van der Waals surface area contributed by atoms with E-state index in [0.717, 1.165) is 45.6 Å².